The maximum absolute atomic E-state index is 12.1. The predicted molar refractivity (Wildman–Crippen MR) is 72.1 cm³/mol. The van der Waals surface area contributed by atoms with E-state index in [2.05, 4.69) is 10.3 Å². The van der Waals surface area contributed by atoms with Crippen molar-refractivity contribution in [3.63, 3.8) is 0 Å². The maximum Gasteiger partial charge on any atom is 0.326 e. The van der Waals surface area contributed by atoms with Crippen LogP contribution in [0.3, 0.4) is 0 Å². The Hall–Kier alpha value is -2.11. The zero-order valence-corrected chi connectivity index (χ0v) is 11.3. The van der Waals surface area contributed by atoms with Crippen LogP contribution >= 0.6 is 0 Å². The van der Waals surface area contributed by atoms with Crippen molar-refractivity contribution in [1.29, 1.82) is 0 Å². The summed E-state index contributed by atoms with van der Waals surface area (Å²) in [4.78, 5) is 28.7. The standard InChI is InChI=1S/C13H19N3O3/c1-4-16(10-7-5-6-8-14-10)13(19)15-11(9(2)3)12(17)18/h5-9,11H,4H2,1-3H3,(H,15,19)(H,17,18)/t11-/m0/s1. The van der Waals surface area contributed by atoms with Crippen molar-refractivity contribution in [2.24, 2.45) is 5.92 Å². The fourth-order valence-electron chi connectivity index (χ4n) is 1.65. The molecule has 19 heavy (non-hydrogen) atoms. The fraction of sp³-hybridized carbons (Fsp3) is 0.462. The molecule has 0 aliphatic heterocycles. The van der Waals surface area contributed by atoms with Gasteiger partial charge in [0.25, 0.3) is 0 Å². The molecule has 0 spiro atoms. The van der Waals surface area contributed by atoms with Crippen LogP contribution < -0.4 is 10.2 Å². The highest BCUT2D eigenvalue weighted by Crippen LogP contribution is 2.10. The molecule has 1 heterocycles. The van der Waals surface area contributed by atoms with Crippen molar-refractivity contribution >= 4 is 17.8 Å². The van der Waals surface area contributed by atoms with Crippen LogP contribution in [0.15, 0.2) is 24.4 Å². The van der Waals surface area contributed by atoms with Gasteiger partial charge in [-0.05, 0) is 25.0 Å². The van der Waals surface area contributed by atoms with Crippen LogP contribution in [-0.4, -0.2) is 34.7 Å². The van der Waals surface area contributed by atoms with Crippen LogP contribution in [0, 0.1) is 5.92 Å². The smallest absolute Gasteiger partial charge is 0.326 e. The molecular formula is C13H19N3O3. The van der Waals surface area contributed by atoms with E-state index in [4.69, 9.17) is 5.11 Å². The number of carboxylic acids is 1. The molecule has 1 aromatic rings. The van der Waals surface area contributed by atoms with Crippen molar-refractivity contribution in [2.75, 3.05) is 11.4 Å². The zero-order valence-electron chi connectivity index (χ0n) is 11.3. The summed E-state index contributed by atoms with van der Waals surface area (Å²) in [6.07, 6.45) is 1.59. The zero-order chi connectivity index (χ0) is 14.4. The number of anilines is 1. The summed E-state index contributed by atoms with van der Waals surface area (Å²) in [6.45, 7) is 5.71. The summed E-state index contributed by atoms with van der Waals surface area (Å²) in [7, 11) is 0. The maximum atomic E-state index is 12.1. The summed E-state index contributed by atoms with van der Waals surface area (Å²) in [6, 6.07) is 3.86. The number of hydrogen-bond acceptors (Lipinski definition) is 3. The van der Waals surface area contributed by atoms with Crippen LogP contribution in [-0.2, 0) is 4.79 Å². The Morgan fingerprint density at radius 1 is 1.42 bits per heavy atom. The minimum atomic E-state index is -1.04. The number of carbonyl (C=O) groups is 2. The third kappa shape index (κ3) is 3.94. The van der Waals surface area contributed by atoms with Crippen LogP contribution in [0.25, 0.3) is 0 Å². The van der Waals surface area contributed by atoms with Crippen molar-refractivity contribution in [3.05, 3.63) is 24.4 Å². The first-order valence-corrected chi connectivity index (χ1v) is 6.19. The summed E-state index contributed by atoms with van der Waals surface area (Å²) in [5.74, 6) is -0.736. The van der Waals surface area contributed by atoms with Gasteiger partial charge in [-0.25, -0.2) is 14.6 Å². The van der Waals surface area contributed by atoms with E-state index in [1.54, 1.807) is 45.2 Å². The molecule has 2 amide bonds. The molecule has 0 saturated heterocycles. The van der Waals surface area contributed by atoms with Gasteiger partial charge in [0, 0.05) is 12.7 Å². The Kier molecular flexibility index (Phi) is 5.29. The molecule has 1 aromatic heterocycles. The third-order valence-corrected chi connectivity index (χ3v) is 2.70. The SMILES string of the molecule is CCN(C(=O)N[C@H](C(=O)O)C(C)C)c1ccccn1. The molecule has 0 aromatic carbocycles. The first kappa shape index (κ1) is 14.9. The largest absolute Gasteiger partial charge is 0.480 e. The number of nitrogens with one attached hydrogen (secondary N) is 1. The molecule has 0 radical (unpaired) electrons. The Bertz CT molecular complexity index is 434. The molecule has 0 aliphatic rings. The van der Waals surface area contributed by atoms with E-state index in [-0.39, 0.29) is 5.92 Å². The minimum Gasteiger partial charge on any atom is -0.480 e. The van der Waals surface area contributed by atoms with Crippen LogP contribution in [0.1, 0.15) is 20.8 Å². The number of carbonyl (C=O) groups excluding carboxylic acids is 1. The third-order valence-electron chi connectivity index (χ3n) is 2.70. The molecule has 1 atom stereocenters. The molecule has 1 rings (SSSR count). The van der Waals surface area contributed by atoms with E-state index in [1.807, 2.05) is 0 Å². The molecular weight excluding hydrogens is 246 g/mol. The summed E-state index contributed by atoms with van der Waals surface area (Å²) >= 11 is 0. The number of nitrogens with zero attached hydrogens (tertiary/aromatic N) is 2. The quantitative estimate of drug-likeness (QED) is 0.849. The van der Waals surface area contributed by atoms with Crippen molar-refractivity contribution in [3.8, 4) is 0 Å². The van der Waals surface area contributed by atoms with Crippen molar-refractivity contribution in [1.82, 2.24) is 10.3 Å². The summed E-state index contributed by atoms with van der Waals surface area (Å²) < 4.78 is 0. The molecule has 6 nitrogen and oxygen atoms in total. The van der Waals surface area contributed by atoms with Crippen LogP contribution in [0.2, 0.25) is 0 Å². The van der Waals surface area contributed by atoms with Gasteiger partial charge in [-0.3, -0.25) is 4.90 Å². The highest BCUT2D eigenvalue weighted by molar-refractivity contribution is 5.93. The number of amides is 2. The topological polar surface area (TPSA) is 82.5 Å². The Labute approximate surface area is 112 Å². The molecule has 0 fully saturated rings. The van der Waals surface area contributed by atoms with E-state index in [1.165, 1.54) is 4.90 Å². The summed E-state index contributed by atoms with van der Waals surface area (Å²) in [5, 5.41) is 11.6. The van der Waals surface area contributed by atoms with E-state index in [9.17, 15) is 9.59 Å². The Morgan fingerprint density at radius 3 is 2.53 bits per heavy atom. The molecule has 104 valence electrons. The second-order valence-electron chi connectivity index (χ2n) is 4.44. The van der Waals surface area contributed by atoms with Crippen molar-refractivity contribution < 1.29 is 14.7 Å². The van der Waals surface area contributed by atoms with E-state index < -0.39 is 18.0 Å². The monoisotopic (exact) mass is 265 g/mol. The van der Waals surface area contributed by atoms with Gasteiger partial charge in [-0.1, -0.05) is 19.9 Å². The number of rotatable bonds is 5. The Balaban J connectivity index is 2.83. The van der Waals surface area contributed by atoms with Gasteiger partial charge in [0.15, 0.2) is 0 Å². The number of aromatic nitrogens is 1. The normalized spacial score (nSPS) is 12.0. The van der Waals surface area contributed by atoms with Gasteiger partial charge in [0.05, 0.1) is 0 Å². The lowest BCUT2D eigenvalue weighted by Crippen LogP contribution is -2.50. The van der Waals surface area contributed by atoms with Gasteiger partial charge in [-0.2, -0.15) is 0 Å². The van der Waals surface area contributed by atoms with Crippen LogP contribution in [0.5, 0.6) is 0 Å². The molecule has 6 heteroatoms. The number of carboxylic acid groups (broad SMARTS) is 1. The van der Waals surface area contributed by atoms with E-state index in [0.717, 1.165) is 0 Å². The second kappa shape index (κ2) is 6.72. The second-order valence-corrected chi connectivity index (χ2v) is 4.44. The number of urea groups is 1. The molecule has 0 unspecified atom stereocenters. The number of pyridine rings is 1. The number of hydrogen-bond donors (Lipinski definition) is 2. The molecule has 2 N–H and O–H groups in total. The molecule has 0 aliphatic carbocycles. The summed E-state index contributed by atoms with van der Waals surface area (Å²) in [5.41, 5.74) is 0. The van der Waals surface area contributed by atoms with Crippen molar-refractivity contribution in [2.45, 2.75) is 26.8 Å². The minimum absolute atomic E-state index is 0.191. The lowest BCUT2D eigenvalue weighted by Gasteiger charge is -2.24. The van der Waals surface area contributed by atoms with E-state index in [0.29, 0.717) is 12.4 Å². The van der Waals surface area contributed by atoms with Gasteiger partial charge < -0.3 is 10.4 Å². The molecule has 0 saturated carbocycles. The molecule has 0 bridgehead atoms. The lowest BCUT2D eigenvalue weighted by atomic mass is 10.1. The van der Waals surface area contributed by atoms with Gasteiger partial charge >= 0.3 is 12.0 Å². The van der Waals surface area contributed by atoms with Crippen LogP contribution in [0.4, 0.5) is 10.6 Å². The average molecular weight is 265 g/mol. The van der Waals surface area contributed by atoms with Gasteiger partial charge in [-0.15, -0.1) is 0 Å². The fourth-order valence-corrected chi connectivity index (χ4v) is 1.65. The first-order chi connectivity index (χ1) is 8.97. The highest BCUT2D eigenvalue weighted by atomic mass is 16.4. The number of aliphatic carboxylic acids is 1. The first-order valence-electron chi connectivity index (χ1n) is 6.19. The van der Waals surface area contributed by atoms with Gasteiger partial charge in [0.2, 0.25) is 0 Å². The van der Waals surface area contributed by atoms with E-state index >= 15 is 0 Å². The highest BCUT2D eigenvalue weighted by Gasteiger charge is 2.26. The average Bonchev–Trinajstić information content (AvgIpc) is 2.37. The van der Waals surface area contributed by atoms with Gasteiger partial charge in [0.1, 0.15) is 11.9 Å². The lowest BCUT2D eigenvalue weighted by molar-refractivity contribution is -0.140. The predicted octanol–water partition coefficient (Wildman–Crippen LogP) is 1.73. The Morgan fingerprint density at radius 2 is 2.11 bits per heavy atom.